The highest BCUT2D eigenvalue weighted by Gasteiger charge is 2.22. The van der Waals surface area contributed by atoms with Crippen molar-refractivity contribution in [3.63, 3.8) is 0 Å². The summed E-state index contributed by atoms with van der Waals surface area (Å²) >= 11 is 0. The molecular weight excluding hydrogens is 154 g/mol. The van der Waals surface area contributed by atoms with E-state index in [1.54, 1.807) is 4.90 Å². The van der Waals surface area contributed by atoms with Gasteiger partial charge in [-0.25, -0.2) is 0 Å². The molecule has 1 aliphatic rings. The van der Waals surface area contributed by atoms with Gasteiger partial charge in [0, 0.05) is 6.92 Å². The molecule has 1 aliphatic heterocycles. The molecule has 0 saturated heterocycles. The molecule has 1 aromatic rings. The summed E-state index contributed by atoms with van der Waals surface area (Å²) in [6.07, 6.45) is 0. The monoisotopic (exact) mass is 163 g/mol. The molecule has 0 bridgehead atoms. The van der Waals surface area contributed by atoms with E-state index in [0.29, 0.717) is 6.73 Å². The van der Waals surface area contributed by atoms with Gasteiger partial charge in [0.05, 0.1) is 5.69 Å². The first kappa shape index (κ1) is 7.16. The van der Waals surface area contributed by atoms with Gasteiger partial charge in [-0.15, -0.1) is 0 Å². The molecule has 0 fully saturated rings. The number of anilines is 1. The van der Waals surface area contributed by atoms with Crippen LogP contribution < -0.4 is 9.64 Å². The Kier molecular flexibility index (Phi) is 1.50. The zero-order valence-electron chi connectivity index (χ0n) is 6.78. The zero-order valence-corrected chi connectivity index (χ0v) is 6.78. The van der Waals surface area contributed by atoms with Gasteiger partial charge in [0.15, 0.2) is 6.73 Å². The fourth-order valence-electron chi connectivity index (χ4n) is 1.27. The molecule has 1 aromatic carbocycles. The average molecular weight is 163 g/mol. The fourth-order valence-corrected chi connectivity index (χ4v) is 1.27. The Balaban J connectivity index is 2.42. The Morgan fingerprint density at radius 1 is 1.50 bits per heavy atom. The average Bonchev–Trinajstić information content (AvgIpc) is 2.47. The van der Waals surface area contributed by atoms with Crippen LogP contribution in [0.4, 0.5) is 5.69 Å². The van der Waals surface area contributed by atoms with Crippen molar-refractivity contribution < 1.29 is 9.53 Å². The summed E-state index contributed by atoms with van der Waals surface area (Å²) in [7, 11) is 0. The molecule has 0 aromatic heterocycles. The van der Waals surface area contributed by atoms with E-state index in [-0.39, 0.29) is 5.91 Å². The number of amides is 1. The number of para-hydroxylation sites is 2. The molecule has 0 atom stereocenters. The second-order valence-electron chi connectivity index (χ2n) is 2.69. The molecular formula is C9H9NO2. The van der Waals surface area contributed by atoms with E-state index in [0.717, 1.165) is 11.4 Å². The molecule has 0 N–H and O–H groups in total. The highest BCUT2D eigenvalue weighted by atomic mass is 16.5. The standard InChI is InChI=1S/C9H9NO2/c1-7(11)10-6-12-9-5-3-2-4-8(9)10/h2-5H,6H2,1H3. The van der Waals surface area contributed by atoms with Gasteiger partial charge < -0.3 is 4.74 Å². The first-order valence-corrected chi connectivity index (χ1v) is 3.79. The lowest BCUT2D eigenvalue weighted by atomic mass is 10.3. The summed E-state index contributed by atoms with van der Waals surface area (Å²) in [5, 5.41) is 0. The third kappa shape index (κ3) is 0.942. The number of ether oxygens (including phenoxy) is 1. The molecule has 3 heteroatoms. The van der Waals surface area contributed by atoms with Crippen LogP contribution in [0.3, 0.4) is 0 Å². The predicted molar refractivity (Wildman–Crippen MR) is 45.1 cm³/mol. The molecule has 0 spiro atoms. The van der Waals surface area contributed by atoms with Gasteiger partial charge in [-0.1, -0.05) is 12.1 Å². The van der Waals surface area contributed by atoms with Crippen molar-refractivity contribution in [1.29, 1.82) is 0 Å². The lowest BCUT2D eigenvalue weighted by molar-refractivity contribution is -0.116. The summed E-state index contributed by atoms with van der Waals surface area (Å²) in [6, 6.07) is 7.52. The minimum Gasteiger partial charge on any atom is -0.470 e. The highest BCUT2D eigenvalue weighted by molar-refractivity contribution is 5.94. The van der Waals surface area contributed by atoms with Crippen LogP contribution in [-0.2, 0) is 4.79 Å². The minimum absolute atomic E-state index is 0.0138. The van der Waals surface area contributed by atoms with Gasteiger partial charge in [0.1, 0.15) is 5.75 Å². The van der Waals surface area contributed by atoms with Crippen LogP contribution in [0.5, 0.6) is 5.75 Å². The number of rotatable bonds is 0. The van der Waals surface area contributed by atoms with Gasteiger partial charge in [0.25, 0.3) is 0 Å². The topological polar surface area (TPSA) is 29.5 Å². The van der Waals surface area contributed by atoms with Gasteiger partial charge in [-0.2, -0.15) is 0 Å². The minimum atomic E-state index is 0.0138. The number of nitrogens with zero attached hydrogens (tertiary/aromatic N) is 1. The molecule has 3 nitrogen and oxygen atoms in total. The predicted octanol–water partition coefficient (Wildman–Crippen LogP) is 1.39. The first-order valence-electron chi connectivity index (χ1n) is 3.79. The molecule has 0 saturated carbocycles. The Morgan fingerprint density at radius 2 is 2.25 bits per heavy atom. The molecule has 62 valence electrons. The fraction of sp³-hybridized carbons (Fsp3) is 0.222. The Bertz CT molecular complexity index is 322. The maximum Gasteiger partial charge on any atom is 0.226 e. The molecule has 0 aliphatic carbocycles. The van der Waals surface area contributed by atoms with Crippen molar-refractivity contribution in [2.75, 3.05) is 11.6 Å². The van der Waals surface area contributed by atoms with Crippen LogP contribution in [-0.4, -0.2) is 12.6 Å². The van der Waals surface area contributed by atoms with Gasteiger partial charge in [-0.05, 0) is 12.1 Å². The number of fused-ring (bicyclic) bond motifs is 1. The van der Waals surface area contributed by atoms with Crippen molar-refractivity contribution in [3.8, 4) is 5.75 Å². The normalized spacial score (nSPS) is 13.9. The maximum atomic E-state index is 11.1. The van der Waals surface area contributed by atoms with Gasteiger partial charge in [-0.3, -0.25) is 9.69 Å². The van der Waals surface area contributed by atoms with E-state index in [2.05, 4.69) is 0 Å². The number of hydrogen-bond acceptors (Lipinski definition) is 2. The van der Waals surface area contributed by atoms with Crippen LogP contribution in [0.1, 0.15) is 6.92 Å². The lowest BCUT2D eigenvalue weighted by Gasteiger charge is -2.10. The van der Waals surface area contributed by atoms with Crippen LogP contribution >= 0.6 is 0 Å². The van der Waals surface area contributed by atoms with E-state index in [9.17, 15) is 4.79 Å². The molecule has 12 heavy (non-hydrogen) atoms. The number of hydrogen-bond donors (Lipinski definition) is 0. The first-order chi connectivity index (χ1) is 5.79. The number of carbonyl (C=O) groups excluding carboxylic acids is 1. The molecule has 0 radical (unpaired) electrons. The summed E-state index contributed by atoms with van der Waals surface area (Å²) in [6.45, 7) is 1.88. The van der Waals surface area contributed by atoms with Crippen molar-refractivity contribution >= 4 is 11.6 Å². The molecule has 1 heterocycles. The quantitative estimate of drug-likeness (QED) is 0.578. The Morgan fingerprint density at radius 3 is 3.00 bits per heavy atom. The molecule has 1 amide bonds. The van der Waals surface area contributed by atoms with Crippen molar-refractivity contribution in [1.82, 2.24) is 0 Å². The van der Waals surface area contributed by atoms with Crippen molar-refractivity contribution in [3.05, 3.63) is 24.3 Å². The number of carbonyl (C=O) groups is 1. The SMILES string of the molecule is CC(=O)N1COc2ccccc21. The van der Waals surface area contributed by atoms with E-state index < -0.39 is 0 Å². The Labute approximate surface area is 70.6 Å². The van der Waals surface area contributed by atoms with E-state index in [4.69, 9.17) is 4.74 Å². The second kappa shape index (κ2) is 2.52. The smallest absolute Gasteiger partial charge is 0.226 e. The summed E-state index contributed by atoms with van der Waals surface area (Å²) in [5.41, 5.74) is 0.866. The van der Waals surface area contributed by atoms with Crippen LogP contribution in [0.15, 0.2) is 24.3 Å². The van der Waals surface area contributed by atoms with Crippen LogP contribution in [0.2, 0.25) is 0 Å². The zero-order chi connectivity index (χ0) is 8.55. The largest absolute Gasteiger partial charge is 0.470 e. The third-order valence-corrected chi connectivity index (χ3v) is 1.89. The second-order valence-corrected chi connectivity index (χ2v) is 2.69. The summed E-state index contributed by atoms with van der Waals surface area (Å²) in [4.78, 5) is 12.7. The Hall–Kier alpha value is -1.51. The number of benzene rings is 1. The van der Waals surface area contributed by atoms with Gasteiger partial charge >= 0.3 is 0 Å². The van der Waals surface area contributed by atoms with Crippen LogP contribution in [0.25, 0.3) is 0 Å². The maximum absolute atomic E-state index is 11.1. The highest BCUT2D eigenvalue weighted by Crippen LogP contribution is 2.32. The van der Waals surface area contributed by atoms with Gasteiger partial charge in [0.2, 0.25) is 5.91 Å². The third-order valence-electron chi connectivity index (χ3n) is 1.89. The lowest BCUT2D eigenvalue weighted by Crippen LogP contribution is -2.27. The van der Waals surface area contributed by atoms with E-state index in [1.165, 1.54) is 6.92 Å². The van der Waals surface area contributed by atoms with Crippen molar-refractivity contribution in [2.24, 2.45) is 0 Å². The van der Waals surface area contributed by atoms with E-state index in [1.807, 2.05) is 24.3 Å². The summed E-state index contributed by atoms with van der Waals surface area (Å²) in [5.74, 6) is 0.799. The van der Waals surface area contributed by atoms with E-state index >= 15 is 0 Å². The molecule has 2 rings (SSSR count). The van der Waals surface area contributed by atoms with Crippen LogP contribution in [0, 0.1) is 0 Å². The molecule has 0 unspecified atom stereocenters. The van der Waals surface area contributed by atoms with Crippen molar-refractivity contribution in [2.45, 2.75) is 6.92 Å². The summed E-state index contributed by atoms with van der Waals surface area (Å²) < 4.78 is 5.28.